The third-order valence-electron chi connectivity index (χ3n) is 3.76. The summed E-state index contributed by atoms with van der Waals surface area (Å²) < 4.78 is 19.4. The van der Waals surface area contributed by atoms with Crippen molar-refractivity contribution in [3.05, 3.63) is 71.7 Å². The highest BCUT2D eigenvalue weighted by Crippen LogP contribution is 2.23. The minimum absolute atomic E-state index is 0.0134. The molecule has 0 spiro atoms. The highest BCUT2D eigenvalue weighted by Gasteiger charge is 2.08. The summed E-state index contributed by atoms with van der Waals surface area (Å²) in [5.41, 5.74) is 2.30. The van der Waals surface area contributed by atoms with Crippen LogP contribution in [0, 0.1) is 5.82 Å². The number of rotatable bonds is 7. The van der Waals surface area contributed by atoms with Gasteiger partial charge in [0.2, 0.25) is 0 Å². The van der Waals surface area contributed by atoms with Crippen molar-refractivity contribution >= 4 is 28.4 Å². The maximum atomic E-state index is 13.7. The van der Waals surface area contributed by atoms with Gasteiger partial charge in [0.15, 0.2) is 5.78 Å². The SMILES string of the molecule is CC(=O)c1ccccc1OCCSCc1cc(F)cc2cccnc12. The van der Waals surface area contributed by atoms with Crippen LogP contribution in [0.3, 0.4) is 0 Å². The molecule has 0 aliphatic carbocycles. The lowest BCUT2D eigenvalue weighted by Gasteiger charge is -2.10. The summed E-state index contributed by atoms with van der Waals surface area (Å²) in [6.07, 6.45) is 1.72. The number of hydrogen-bond acceptors (Lipinski definition) is 4. The number of carbonyl (C=O) groups excluding carboxylic acids is 1. The summed E-state index contributed by atoms with van der Waals surface area (Å²) in [6, 6.07) is 13.9. The lowest BCUT2D eigenvalue weighted by Crippen LogP contribution is -2.04. The topological polar surface area (TPSA) is 39.2 Å². The van der Waals surface area contributed by atoms with Gasteiger partial charge in [0.25, 0.3) is 0 Å². The number of fused-ring (bicyclic) bond motifs is 1. The van der Waals surface area contributed by atoms with Crippen molar-refractivity contribution in [2.24, 2.45) is 0 Å². The zero-order valence-corrected chi connectivity index (χ0v) is 14.7. The Hall–Kier alpha value is -2.40. The first-order valence-corrected chi connectivity index (χ1v) is 9.14. The number of thioether (sulfide) groups is 1. The van der Waals surface area contributed by atoms with Crippen molar-refractivity contribution in [2.75, 3.05) is 12.4 Å². The quantitative estimate of drug-likeness (QED) is 0.447. The molecular formula is C20H18FNO2S. The number of pyridine rings is 1. The zero-order valence-electron chi connectivity index (χ0n) is 13.9. The van der Waals surface area contributed by atoms with E-state index in [0.29, 0.717) is 23.7 Å². The molecule has 2 aromatic carbocycles. The Kier molecular flexibility index (Phi) is 5.66. The number of benzene rings is 2. The molecule has 0 saturated carbocycles. The van der Waals surface area contributed by atoms with Gasteiger partial charge in [-0.25, -0.2) is 4.39 Å². The second-order valence-electron chi connectivity index (χ2n) is 5.59. The fourth-order valence-corrected chi connectivity index (χ4v) is 3.40. The van der Waals surface area contributed by atoms with Crippen molar-refractivity contribution < 1.29 is 13.9 Å². The Morgan fingerprint density at radius 1 is 1.20 bits per heavy atom. The second kappa shape index (κ2) is 8.12. The molecule has 0 N–H and O–H groups in total. The maximum absolute atomic E-state index is 13.7. The lowest BCUT2D eigenvalue weighted by molar-refractivity contribution is 0.101. The number of hydrogen-bond donors (Lipinski definition) is 0. The zero-order chi connectivity index (χ0) is 17.6. The number of carbonyl (C=O) groups is 1. The molecule has 25 heavy (non-hydrogen) atoms. The van der Waals surface area contributed by atoms with E-state index in [1.165, 1.54) is 19.1 Å². The molecule has 0 aliphatic rings. The number of ketones is 1. The fourth-order valence-electron chi connectivity index (χ4n) is 2.61. The van der Waals surface area contributed by atoms with E-state index in [0.717, 1.165) is 22.2 Å². The monoisotopic (exact) mass is 355 g/mol. The summed E-state index contributed by atoms with van der Waals surface area (Å²) in [6.45, 7) is 2.01. The maximum Gasteiger partial charge on any atom is 0.163 e. The molecule has 128 valence electrons. The van der Waals surface area contributed by atoms with E-state index in [4.69, 9.17) is 4.74 Å². The van der Waals surface area contributed by atoms with E-state index in [-0.39, 0.29) is 11.6 Å². The first-order chi connectivity index (χ1) is 12.1. The van der Waals surface area contributed by atoms with Crippen LogP contribution < -0.4 is 4.74 Å². The normalized spacial score (nSPS) is 10.8. The highest BCUT2D eigenvalue weighted by atomic mass is 32.2. The molecule has 0 saturated heterocycles. The first-order valence-electron chi connectivity index (χ1n) is 7.99. The average Bonchev–Trinajstić information content (AvgIpc) is 2.61. The fraction of sp³-hybridized carbons (Fsp3) is 0.200. The number of aromatic nitrogens is 1. The average molecular weight is 355 g/mol. The van der Waals surface area contributed by atoms with Gasteiger partial charge in [-0.3, -0.25) is 9.78 Å². The molecule has 0 radical (unpaired) electrons. The first kappa shape index (κ1) is 17.4. The summed E-state index contributed by atoms with van der Waals surface area (Å²) in [4.78, 5) is 15.9. The molecule has 0 amide bonds. The summed E-state index contributed by atoms with van der Waals surface area (Å²) in [5.74, 6) is 1.73. The predicted octanol–water partition coefficient (Wildman–Crippen LogP) is 4.89. The van der Waals surface area contributed by atoms with E-state index >= 15 is 0 Å². The summed E-state index contributed by atoms with van der Waals surface area (Å²) >= 11 is 1.65. The molecular weight excluding hydrogens is 337 g/mol. The van der Waals surface area contributed by atoms with Gasteiger partial charge in [0, 0.05) is 23.1 Å². The smallest absolute Gasteiger partial charge is 0.163 e. The molecule has 3 aromatic rings. The lowest BCUT2D eigenvalue weighted by atomic mass is 10.1. The highest BCUT2D eigenvalue weighted by molar-refractivity contribution is 7.98. The Morgan fingerprint density at radius 3 is 2.88 bits per heavy atom. The van der Waals surface area contributed by atoms with E-state index in [1.807, 2.05) is 18.2 Å². The molecule has 0 atom stereocenters. The van der Waals surface area contributed by atoms with Gasteiger partial charge in [-0.15, -0.1) is 0 Å². The standard InChI is InChI=1S/C20H18FNO2S/c1-14(23)18-6-2-3-7-19(18)24-9-10-25-13-16-12-17(21)11-15-5-4-8-22-20(15)16/h2-8,11-12H,9-10,13H2,1H3. The van der Waals surface area contributed by atoms with E-state index in [9.17, 15) is 9.18 Å². The molecule has 1 heterocycles. The summed E-state index contributed by atoms with van der Waals surface area (Å²) in [5, 5.41) is 0.810. The van der Waals surface area contributed by atoms with Gasteiger partial charge in [-0.05, 0) is 42.8 Å². The minimum atomic E-state index is -0.247. The van der Waals surface area contributed by atoms with Crippen LogP contribution in [0.15, 0.2) is 54.7 Å². The summed E-state index contributed by atoms with van der Waals surface area (Å²) in [7, 11) is 0. The van der Waals surface area contributed by atoms with Crippen LogP contribution in [0.4, 0.5) is 4.39 Å². The van der Waals surface area contributed by atoms with Crippen LogP contribution in [-0.2, 0) is 5.75 Å². The van der Waals surface area contributed by atoms with Crippen molar-refractivity contribution in [1.82, 2.24) is 4.98 Å². The van der Waals surface area contributed by atoms with Gasteiger partial charge in [0.05, 0.1) is 17.7 Å². The predicted molar refractivity (Wildman–Crippen MR) is 99.8 cm³/mol. The Bertz CT molecular complexity index is 898. The Labute approximate surface area is 150 Å². The number of halogens is 1. The molecule has 0 aliphatic heterocycles. The number of ether oxygens (including phenoxy) is 1. The van der Waals surface area contributed by atoms with Gasteiger partial charge in [-0.2, -0.15) is 11.8 Å². The van der Waals surface area contributed by atoms with Crippen LogP contribution in [0.1, 0.15) is 22.8 Å². The van der Waals surface area contributed by atoms with Crippen molar-refractivity contribution in [2.45, 2.75) is 12.7 Å². The number of nitrogens with zero attached hydrogens (tertiary/aromatic N) is 1. The molecule has 0 unspecified atom stereocenters. The van der Waals surface area contributed by atoms with E-state index in [1.54, 1.807) is 36.2 Å². The Morgan fingerprint density at radius 2 is 2.04 bits per heavy atom. The molecule has 0 fully saturated rings. The number of para-hydroxylation sites is 1. The Balaban J connectivity index is 1.57. The van der Waals surface area contributed by atoms with Crippen molar-refractivity contribution in [3.63, 3.8) is 0 Å². The van der Waals surface area contributed by atoms with E-state index in [2.05, 4.69) is 4.98 Å². The molecule has 1 aromatic heterocycles. The molecule has 3 nitrogen and oxygen atoms in total. The van der Waals surface area contributed by atoms with Crippen LogP contribution in [-0.4, -0.2) is 23.1 Å². The van der Waals surface area contributed by atoms with Gasteiger partial charge in [0.1, 0.15) is 11.6 Å². The van der Waals surface area contributed by atoms with Gasteiger partial charge in [-0.1, -0.05) is 18.2 Å². The molecule has 5 heteroatoms. The van der Waals surface area contributed by atoms with E-state index < -0.39 is 0 Å². The van der Waals surface area contributed by atoms with Gasteiger partial charge < -0.3 is 4.74 Å². The van der Waals surface area contributed by atoms with Gasteiger partial charge >= 0.3 is 0 Å². The van der Waals surface area contributed by atoms with Crippen LogP contribution in [0.25, 0.3) is 10.9 Å². The molecule has 3 rings (SSSR count). The minimum Gasteiger partial charge on any atom is -0.492 e. The van der Waals surface area contributed by atoms with Crippen LogP contribution in [0.5, 0.6) is 5.75 Å². The van der Waals surface area contributed by atoms with Crippen molar-refractivity contribution in [1.29, 1.82) is 0 Å². The largest absolute Gasteiger partial charge is 0.492 e. The second-order valence-corrected chi connectivity index (χ2v) is 6.70. The number of Topliss-reactive ketones (excluding diaryl/α,β-unsaturated/α-hetero) is 1. The third-order valence-corrected chi connectivity index (χ3v) is 4.73. The van der Waals surface area contributed by atoms with Crippen LogP contribution >= 0.6 is 11.8 Å². The third kappa shape index (κ3) is 4.37. The molecule has 0 bridgehead atoms. The van der Waals surface area contributed by atoms with Crippen molar-refractivity contribution in [3.8, 4) is 5.75 Å². The van der Waals surface area contributed by atoms with Crippen LogP contribution in [0.2, 0.25) is 0 Å².